The van der Waals surface area contributed by atoms with E-state index >= 15 is 0 Å². The summed E-state index contributed by atoms with van der Waals surface area (Å²) in [7, 11) is 0. The average molecular weight is 1310 g/mol. The lowest BCUT2D eigenvalue weighted by molar-refractivity contribution is -0.143. The van der Waals surface area contributed by atoms with Gasteiger partial charge >= 0.3 is 5.97 Å². The predicted octanol–water partition coefficient (Wildman–Crippen LogP) is 28.8. The Kier molecular flexibility index (Phi) is 81.3. The summed E-state index contributed by atoms with van der Waals surface area (Å²) < 4.78 is 5.51. The van der Waals surface area contributed by atoms with Gasteiger partial charge in [-0.1, -0.05) is 449 Å². The first kappa shape index (κ1) is 91.3. The molecule has 0 aromatic heterocycles. The number of allylic oxidation sites excluding steroid dienone is 4. The topological polar surface area (TPSA) is 95.9 Å². The smallest absolute Gasteiger partial charge is 0.305 e. The molecule has 2 unspecified atom stereocenters. The van der Waals surface area contributed by atoms with Crippen LogP contribution in [0.3, 0.4) is 0 Å². The summed E-state index contributed by atoms with van der Waals surface area (Å²) in [6, 6.07) is -0.541. The van der Waals surface area contributed by atoms with Crippen molar-refractivity contribution >= 4 is 11.9 Å². The number of rotatable bonds is 82. The molecule has 0 aromatic carbocycles. The summed E-state index contributed by atoms with van der Waals surface area (Å²) in [4.78, 5) is 24.7. The summed E-state index contributed by atoms with van der Waals surface area (Å²) in [5, 5.41) is 23.5. The first-order chi connectivity index (χ1) is 46.0. The van der Waals surface area contributed by atoms with Gasteiger partial charge in [0.1, 0.15) is 0 Å². The van der Waals surface area contributed by atoms with E-state index in [9.17, 15) is 19.8 Å². The first-order valence-electron chi connectivity index (χ1n) is 43.1. The Morgan fingerprint density at radius 2 is 0.538 bits per heavy atom. The molecule has 0 aliphatic carbocycles. The molecule has 2 atom stereocenters. The van der Waals surface area contributed by atoms with Crippen molar-refractivity contribution in [1.82, 2.24) is 5.32 Å². The molecule has 0 bridgehead atoms. The summed E-state index contributed by atoms with van der Waals surface area (Å²) in [6.07, 6.45) is 107. The highest BCUT2D eigenvalue weighted by molar-refractivity contribution is 5.76. The van der Waals surface area contributed by atoms with E-state index < -0.39 is 12.1 Å². The molecule has 0 spiro atoms. The second-order valence-corrected chi connectivity index (χ2v) is 29.9. The lowest BCUT2D eigenvalue weighted by Gasteiger charge is -2.22. The molecule has 0 aromatic rings. The minimum atomic E-state index is -0.664. The monoisotopic (exact) mass is 1310 g/mol. The van der Waals surface area contributed by atoms with Crippen molar-refractivity contribution in [3.05, 3.63) is 24.3 Å². The van der Waals surface area contributed by atoms with Crippen LogP contribution >= 0.6 is 0 Å². The number of esters is 1. The van der Waals surface area contributed by atoms with Crippen LogP contribution in [-0.4, -0.2) is 47.4 Å². The van der Waals surface area contributed by atoms with Gasteiger partial charge in [-0.15, -0.1) is 0 Å². The van der Waals surface area contributed by atoms with Crippen molar-refractivity contribution in [2.45, 2.75) is 508 Å². The zero-order chi connectivity index (χ0) is 67.0. The molecule has 6 nitrogen and oxygen atoms in total. The first-order valence-corrected chi connectivity index (χ1v) is 43.1. The molecule has 6 heteroatoms. The number of aliphatic hydroxyl groups is 2. The molecule has 1 amide bonds. The second kappa shape index (κ2) is 82.8. The van der Waals surface area contributed by atoms with E-state index in [2.05, 4.69) is 43.5 Å². The SMILES string of the molecule is CCCCCCCCCCCCCCCCCCCCCCCCCCC(O)C(CO)NC(=O)CCCCCCCCCCCCCCCCCCC/C=C\C/C=C\CCCCCCCCCCCCCCCOC(=O)CCCCCCCCCCCCCCCCC. The number of aliphatic hydroxyl groups excluding tert-OH is 2. The molecule has 0 rings (SSSR count). The van der Waals surface area contributed by atoms with Gasteiger partial charge in [0, 0.05) is 12.8 Å². The van der Waals surface area contributed by atoms with Crippen LogP contribution in [0.4, 0.5) is 0 Å². The van der Waals surface area contributed by atoms with Crippen molar-refractivity contribution < 1.29 is 24.5 Å². The van der Waals surface area contributed by atoms with E-state index in [4.69, 9.17) is 4.74 Å². The Morgan fingerprint density at radius 1 is 0.301 bits per heavy atom. The number of hydrogen-bond donors (Lipinski definition) is 3. The Balaban J connectivity index is 3.36. The molecule has 0 aliphatic rings. The Labute approximate surface area is 583 Å². The van der Waals surface area contributed by atoms with Gasteiger partial charge in [-0.25, -0.2) is 0 Å². The van der Waals surface area contributed by atoms with Crippen molar-refractivity contribution in [2.75, 3.05) is 13.2 Å². The van der Waals surface area contributed by atoms with Crippen LogP contribution in [0.15, 0.2) is 24.3 Å². The van der Waals surface area contributed by atoms with Crippen molar-refractivity contribution in [3.8, 4) is 0 Å². The van der Waals surface area contributed by atoms with E-state index in [0.29, 0.717) is 25.9 Å². The lowest BCUT2D eigenvalue weighted by Crippen LogP contribution is -2.45. The second-order valence-electron chi connectivity index (χ2n) is 29.9. The highest BCUT2D eigenvalue weighted by atomic mass is 16.5. The molecule has 0 saturated carbocycles. The van der Waals surface area contributed by atoms with Crippen molar-refractivity contribution in [1.29, 1.82) is 0 Å². The Bertz CT molecular complexity index is 1460. The molecule has 0 radical (unpaired) electrons. The summed E-state index contributed by atoms with van der Waals surface area (Å²) in [5.41, 5.74) is 0. The predicted molar refractivity (Wildman–Crippen MR) is 412 cm³/mol. The van der Waals surface area contributed by atoms with E-state index in [1.807, 2.05) is 0 Å². The Hall–Kier alpha value is -1.66. The van der Waals surface area contributed by atoms with E-state index in [0.717, 1.165) is 44.9 Å². The highest BCUT2D eigenvalue weighted by Crippen LogP contribution is 2.21. The van der Waals surface area contributed by atoms with Gasteiger partial charge in [-0.3, -0.25) is 9.59 Å². The Morgan fingerprint density at radius 3 is 0.817 bits per heavy atom. The maximum absolute atomic E-state index is 12.6. The van der Waals surface area contributed by atoms with Gasteiger partial charge in [-0.05, 0) is 57.8 Å². The van der Waals surface area contributed by atoms with Gasteiger partial charge < -0.3 is 20.3 Å². The summed E-state index contributed by atoms with van der Waals surface area (Å²) in [6.45, 7) is 5.02. The van der Waals surface area contributed by atoms with Crippen LogP contribution in [0.2, 0.25) is 0 Å². The van der Waals surface area contributed by atoms with Crippen LogP contribution in [-0.2, 0) is 14.3 Å². The molecule has 0 heterocycles. The van der Waals surface area contributed by atoms with E-state index in [1.165, 1.54) is 417 Å². The molecule has 3 N–H and O–H groups in total. The quantitative estimate of drug-likeness (QED) is 0.0320. The summed E-state index contributed by atoms with van der Waals surface area (Å²) >= 11 is 0. The molecular formula is C87H169NO5. The minimum Gasteiger partial charge on any atom is -0.466 e. The standard InChI is InChI=1S/C87H169NO5/c1-3-5-7-9-11-13-15-17-19-20-21-22-23-39-42-45-48-52-55-59-63-67-71-75-79-85(90)84(83-89)88-86(91)80-76-72-68-64-60-56-53-49-46-43-40-37-35-33-31-29-27-25-24-26-28-30-32-34-36-38-41-44-47-50-54-58-62-66-70-74-78-82-93-87(92)81-77-73-69-65-61-57-51-18-16-14-12-10-8-6-4-2/h24,26,30,32,84-85,89-90H,3-23,25,27-29,31,33-83H2,1-2H3,(H,88,91)/b26-24-,32-30-. The third-order valence-electron chi connectivity index (χ3n) is 20.5. The van der Waals surface area contributed by atoms with Crippen LogP contribution < -0.4 is 5.32 Å². The highest BCUT2D eigenvalue weighted by Gasteiger charge is 2.20. The van der Waals surface area contributed by atoms with Crippen LogP contribution in [0.5, 0.6) is 0 Å². The van der Waals surface area contributed by atoms with Crippen LogP contribution in [0.25, 0.3) is 0 Å². The fraction of sp³-hybridized carbons (Fsp3) is 0.931. The van der Waals surface area contributed by atoms with Crippen molar-refractivity contribution in [3.63, 3.8) is 0 Å². The molecule has 0 saturated heterocycles. The third-order valence-corrected chi connectivity index (χ3v) is 20.5. The fourth-order valence-corrected chi connectivity index (χ4v) is 14.0. The van der Waals surface area contributed by atoms with Crippen LogP contribution in [0, 0.1) is 0 Å². The van der Waals surface area contributed by atoms with E-state index in [1.54, 1.807) is 0 Å². The number of hydrogen-bond acceptors (Lipinski definition) is 5. The maximum Gasteiger partial charge on any atom is 0.305 e. The minimum absolute atomic E-state index is 0.0229. The zero-order valence-electron chi connectivity index (χ0n) is 63.5. The molecule has 93 heavy (non-hydrogen) atoms. The molecule has 0 fully saturated rings. The molecule has 552 valence electrons. The average Bonchev–Trinajstić information content (AvgIpc) is 3.78. The van der Waals surface area contributed by atoms with Gasteiger partial charge in [0.25, 0.3) is 0 Å². The number of carbonyl (C=O) groups is 2. The maximum atomic E-state index is 12.6. The number of amides is 1. The van der Waals surface area contributed by atoms with Gasteiger partial charge in [-0.2, -0.15) is 0 Å². The number of unbranched alkanes of at least 4 members (excludes halogenated alkanes) is 67. The molecular weight excluding hydrogens is 1140 g/mol. The normalized spacial score (nSPS) is 12.5. The van der Waals surface area contributed by atoms with Crippen LogP contribution in [0.1, 0.15) is 495 Å². The molecule has 0 aliphatic heterocycles. The van der Waals surface area contributed by atoms with Gasteiger partial charge in [0.15, 0.2) is 0 Å². The summed E-state index contributed by atoms with van der Waals surface area (Å²) in [5.74, 6) is -0.00310. The largest absolute Gasteiger partial charge is 0.466 e. The lowest BCUT2D eigenvalue weighted by atomic mass is 10.0. The van der Waals surface area contributed by atoms with E-state index in [-0.39, 0.29) is 18.5 Å². The number of carbonyl (C=O) groups excluding carboxylic acids is 2. The third kappa shape index (κ3) is 79.2. The van der Waals surface area contributed by atoms with Gasteiger partial charge in [0.05, 0.1) is 25.4 Å². The number of ether oxygens (including phenoxy) is 1. The number of nitrogens with one attached hydrogen (secondary N) is 1. The zero-order valence-corrected chi connectivity index (χ0v) is 63.5. The fourth-order valence-electron chi connectivity index (χ4n) is 14.0. The van der Waals surface area contributed by atoms with Crippen molar-refractivity contribution in [2.24, 2.45) is 0 Å². The van der Waals surface area contributed by atoms with Gasteiger partial charge in [0.2, 0.25) is 5.91 Å².